The minimum atomic E-state index is -0.981. The second-order valence-corrected chi connectivity index (χ2v) is 3.37. The third-order valence-electron chi connectivity index (χ3n) is 1.50. The highest BCUT2D eigenvalue weighted by Crippen LogP contribution is 2.34. The standard InChI is InChI=1S/C9H8Cl2O3/c1-5(13)14-7-3-2-6(4-12)8(10)9(7)11/h2-5,13H,1H3. The second-order valence-electron chi connectivity index (χ2n) is 2.62. The summed E-state index contributed by atoms with van der Waals surface area (Å²) in [6, 6.07) is 2.95. The minimum absolute atomic E-state index is 0.122. The van der Waals surface area contributed by atoms with Crippen molar-refractivity contribution in [2.24, 2.45) is 0 Å². The maximum Gasteiger partial charge on any atom is 0.194 e. The first kappa shape index (κ1) is 11.3. The zero-order chi connectivity index (χ0) is 10.7. The first-order chi connectivity index (χ1) is 6.56. The number of aliphatic hydroxyl groups is 1. The number of halogens is 2. The van der Waals surface area contributed by atoms with E-state index in [4.69, 9.17) is 33.0 Å². The quantitative estimate of drug-likeness (QED) is 0.646. The highest BCUT2D eigenvalue weighted by Gasteiger charge is 2.11. The van der Waals surface area contributed by atoms with Crippen molar-refractivity contribution in [2.75, 3.05) is 0 Å². The third-order valence-corrected chi connectivity index (χ3v) is 2.38. The number of benzene rings is 1. The molecule has 0 amide bonds. The van der Waals surface area contributed by atoms with Crippen LogP contribution in [0.4, 0.5) is 0 Å². The molecule has 5 heteroatoms. The van der Waals surface area contributed by atoms with Gasteiger partial charge in [-0.15, -0.1) is 0 Å². The van der Waals surface area contributed by atoms with E-state index in [0.717, 1.165) is 0 Å². The first-order valence-corrected chi connectivity index (χ1v) is 4.59. The van der Waals surface area contributed by atoms with Crippen LogP contribution in [0.25, 0.3) is 0 Å². The molecule has 1 aromatic carbocycles. The van der Waals surface area contributed by atoms with Gasteiger partial charge in [0.05, 0.1) is 5.02 Å². The molecule has 14 heavy (non-hydrogen) atoms. The number of rotatable bonds is 3. The van der Waals surface area contributed by atoms with Crippen LogP contribution < -0.4 is 4.74 Å². The Bertz CT molecular complexity index is 350. The fraction of sp³-hybridized carbons (Fsp3) is 0.222. The highest BCUT2D eigenvalue weighted by molar-refractivity contribution is 6.44. The summed E-state index contributed by atoms with van der Waals surface area (Å²) < 4.78 is 4.95. The van der Waals surface area contributed by atoms with Crippen molar-refractivity contribution in [3.05, 3.63) is 27.7 Å². The van der Waals surface area contributed by atoms with Crippen molar-refractivity contribution in [3.8, 4) is 5.75 Å². The van der Waals surface area contributed by atoms with E-state index in [1.807, 2.05) is 0 Å². The molecule has 0 radical (unpaired) electrons. The minimum Gasteiger partial charge on any atom is -0.464 e. The normalized spacial score (nSPS) is 12.3. The molecule has 3 nitrogen and oxygen atoms in total. The van der Waals surface area contributed by atoms with E-state index < -0.39 is 6.29 Å². The van der Waals surface area contributed by atoms with E-state index in [-0.39, 0.29) is 21.4 Å². The van der Waals surface area contributed by atoms with Crippen LogP contribution in [0, 0.1) is 0 Å². The Balaban J connectivity index is 3.10. The summed E-state index contributed by atoms with van der Waals surface area (Å²) >= 11 is 11.6. The van der Waals surface area contributed by atoms with Gasteiger partial charge < -0.3 is 9.84 Å². The van der Waals surface area contributed by atoms with E-state index in [9.17, 15) is 4.79 Å². The zero-order valence-corrected chi connectivity index (χ0v) is 8.84. The summed E-state index contributed by atoms with van der Waals surface area (Å²) in [4.78, 5) is 10.5. The van der Waals surface area contributed by atoms with Gasteiger partial charge in [-0.25, -0.2) is 0 Å². The Morgan fingerprint density at radius 3 is 2.57 bits per heavy atom. The molecular weight excluding hydrogens is 227 g/mol. The molecule has 0 fully saturated rings. The van der Waals surface area contributed by atoms with E-state index in [1.165, 1.54) is 19.1 Å². The van der Waals surface area contributed by atoms with Gasteiger partial charge in [-0.1, -0.05) is 23.2 Å². The highest BCUT2D eigenvalue weighted by atomic mass is 35.5. The van der Waals surface area contributed by atoms with Crippen molar-refractivity contribution in [2.45, 2.75) is 13.2 Å². The smallest absolute Gasteiger partial charge is 0.194 e. The topological polar surface area (TPSA) is 46.5 Å². The predicted molar refractivity (Wildman–Crippen MR) is 54.2 cm³/mol. The molecule has 1 unspecified atom stereocenters. The summed E-state index contributed by atoms with van der Waals surface area (Å²) in [5, 5.41) is 9.20. The van der Waals surface area contributed by atoms with Crippen LogP contribution in [0.3, 0.4) is 0 Å². The van der Waals surface area contributed by atoms with Crippen molar-refractivity contribution >= 4 is 29.5 Å². The van der Waals surface area contributed by atoms with Crippen LogP contribution in [-0.2, 0) is 0 Å². The maximum absolute atomic E-state index is 10.5. The maximum atomic E-state index is 10.5. The monoisotopic (exact) mass is 234 g/mol. The van der Waals surface area contributed by atoms with Gasteiger partial charge in [0, 0.05) is 5.56 Å². The van der Waals surface area contributed by atoms with Gasteiger partial charge in [0.15, 0.2) is 12.6 Å². The lowest BCUT2D eigenvalue weighted by Crippen LogP contribution is -2.10. The van der Waals surface area contributed by atoms with Crippen LogP contribution >= 0.6 is 23.2 Å². The van der Waals surface area contributed by atoms with Gasteiger partial charge in [-0.05, 0) is 19.1 Å². The fourth-order valence-corrected chi connectivity index (χ4v) is 1.33. The van der Waals surface area contributed by atoms with E-state index in [1.54, 1.807) is 0 Å². The van der Waals surface area contributed by atoms with Crippen molar-refractivity contribution in [1.29, 1.82) is 0 Å². The Kier molecular flexibility index (Phi) is 3.75. The lowest BCUT2D eigenvalue weighted by atomic mass is 10.2. The molecule has 0 heterocycles. The number of ether oxygens (including phenoxy) is 1. The predicted octanol–water partition coefficient (Wildman–Crippen LogP) is 2.52. The molecule has 0 bridgehead atoms. The lowest BCUT2D eigenvalue weighted by Gasteiger charge is -2.11. The first-order valence-electron chi connectivity index (χ1n) is 3.84. The largest absolute Gasteiger partial charge is 0.464 e. The summed E-state index contributed by atoms with van der Waals surface area (Å²) in [6.45, 7) is 1.44. The molecule has 1 aromatic rings. The molecular formula is C9H8Cl2O3. The number of hydrogen-bond acceptors (Lipinski definition) is 3. The fourth-order valence-electron chi connectivity index (χ4n) is 0.912. The molecule has 0 saturated carbocycles. The molecule has 0 saturated heterocycles. The van der Waals surface area contributed by atoms with Gasteiger partial charge >= 0.3 is 0 Å². The summed E-state index contributed by atoms with van der Waals surface area (Å²) in [6.07, 6.45) is -0.383. The number of carbonyl (C=O) groups is 1. The Morgan fingerprint density at radius 2 is 2.07 bits per heavy atom. The summed E-state index contributed by atoms with van der Waals surface area (Å²) in [5.74, 6) is 0.247. The molecule has 0 aliphatic heterocycles. The molecule has 1 rings (SSSR count). The van der Waals surface area contributed by atoms with Crippen LogP contribution in [-0.4, -0.2) is 17.7 Å². The number of aliphatic hydroxyl groups excluding tert-OH is 1. The Hall–Kier alpha value is -0.770. The number of aldehydes is 1. The van der Waals surface area contributed by atoms with Gasteiger partial charge in [-0.3, -0.25) is 4.79 Å². The van der Waals surface area contributed by atoms with Crippen molar-refractivity contribution in [3.63, 3.8) is 0 Å². The van der Waals surface area contributed by atoms with E-state index in [2.05, 4.69) is 0 Å². The van der Waals surface area contributed by atoms with Crippen LogP contribution in [0.1, 0.15) is 17.3 Å². The average Bonchev–Trinajstić information content (AvgIpc) is 2.13. The lowest BCUT2D eigenvalue weighted by molar-refractivity contribution is -0.000214. The SMILES string of the molecule is CC(O)Oc1ccc(C=O)c(Cl)c1Cl. The van der Waals surface area contributed by atoms with E-state index in [0.29, 0.717) is 6.29 Å². The van der Waals surface area contributed by atoms with Gasteiger partial charge in [-0.2, -0.15) is 0 Å². The van der Waals surface area contributed by atoms with Crippen LogP contribution in [0.5, 0.6) is 5.75 Å². The second kappa shape index (κ2) is 4.64. The van der Waals surface area contributed by atoms with E-state index >= 15 is 0 Å². The van der Waals surface area contributed by atoms with Crippen LogP contribution in [0.15, 0.2) is 12.1 Å². The van der Waals surface area contributed by atoms with Gasteiger partial charge in [0.25, 0.3) is 0 Å². The van der Waals surface area contributed by atoms with Gasteiger partial charge in [0.1, 0.15) is 10.8 Å². The molecule has 76 valence electrons. The van der Waals surface area contributed by atoms with Crippen molar-refractivity contribution < 1.29 is 14.6 Å². The summed E-state index contributed by atoms with van der Waals surface area (Å²) in [7, 11) is 0. The summed E-state index contributed by atoms with van der Waals surface area (Å²) in [5.41, 5.74) is 0.287. The van der Waals surface area contributed by atoms with Crippen molar-refractivity contribution in [1.82, 2.24) is 0 Å². The number of hydrogen-bond donors (Lipinski definition) is 1. The zero-order valence-electron chi connectivity index (χ0n) is 7.33. The molecule has 1 N–H and O–H groups in total. The molecule has 1 atom stereocenters. The molecule has 0 aromatic heterocycles. The number of carbonyl (C=O) groups excluding carboxylic acids is 1. The third kappa shape index (κ3) is 2.38. The molecule has 0 aliphatic rings. The van der Waals surface area contributed by atoms with Gasteiger partial charge in [0.2, 0.25) is 0 Å². The average molecular weight is 235 g/mol. The Morgan fingerprint density at radius 1 is 1.43 bits per heavy atom. The van der Waals surface area contributed by atoms with Crippen LogP contribution in [0.2, 0.25) is 10.0 Å². The molecule has 0 aliphatic carbocycles. The molecule has 0 spiro atoms. The Labute approximate surface area is 91.2 Å².